The van der Waals surface area contributed by atoms with Gasteiger partial charge in [0.05, 0.1) is 5.69 Å². The maximum atomic E-state index is 5.97. The fourth-order valence-electron chi connectivity index (χ4n) is 4.23. The number of piperidine rings is 1. The second-order valence-corrected chi connectivity index (χ2v) is 8.58. The summed E-state index contributed by atoms with van der Waals surface area (Å²) in [7, 11) is 0. The van der Waals surface area contributed by atoms with Gasteiger partial charge in [0.1, 0.15) is 5.84 Å². The molecule has 1 saturated heterocycles. The number of pyridine rings is 1. The minimum Gasteiger partial charge on any atom is -0.382 e. The van der Waals surface area contributed by atoms with Crippen LogP contribution in [0, 0.1) is 19.3 Å². The Hall–Kier alpha value is -2.56. The van der Waals surface area contributed by atoms with Gasteiger partial charge in [0.25, 0.3) is 0 Å². The van der Waals surface area contributed by atoms with Gasteiger partial charge in [-0.25, -0.2) is 0 Å². The SMILES string of the molecule is CCc1c(C)nc(C)c(-c2cccc(/C(N)=N/N)c2)c1N1CCC(C)(C)CC1. The quantitative estimate of drug-likeness (QED) is 0.362. The second kappa shape index (κ2) is 7.82. The van der Waals surface area contributed by atoms with Crippen LogP contribution in [0.25, 0.3) is 11.1 Å². The Morgan fingerprint density at radius 3 is 2.46 bits per heavy atom. The monoisotopic (exact) mass is 379 g/mol. The first-order chi connectivity index (χ1) is 13.3. The second-order valence-electron chi connectivity index (χ2n) is 8.58. The van der Waals surface area contributed by atoms with Crippen molar-refractivity contribution in [2.45, 2.75) is 53.9 Å². The van der Waals surface area contributed by atoms with E-state index >= 15 is 0 Å². The summed E-state index contributed by atoms with van der Waals surface area (Å²) in [5, 5.41) is 3.66. The van der Waals surface area contributed by atoms with Crippen LogP contribution in [0.15, 0.2) is 29.4 Å². The molecule has 150 valence electrons. The highest BCUT2D eigenvalue weighted by molar-refractivity contribution is 5.99. The van der Waals surface area contributed by atoms with E-state index in [2.05, 4.69) is 56.8 Å². The minimum absolute atomic E-state index is 0.344. The lowest BCUT2D eigenvalue weighted by atomic mass is 9.82. The van der Waals surface area contributed by atoms with Gasteiger partial charge in [-0.3, -0.25) is 4.98 Å². The number of hydrogen-bond donors (Lipinski definition) is 2. The number of nitrogens with zero attached hydrogens (tertiary/aromatic N) is 3. The lowest BCUT2D eigenvalue weighted by Crippen LogP contribution is -2.38. The Labute approximate surface area is 168 Å². The number of amidine groups is 1. The Kier molecular flexibility index (Phi) is 5.64. The first-order valence-corrected chi connectivity index (χ1v) is 10.2. The van der Waals surface area contributed by atoms with Gasteiger partial charge in [-0.05, 0) is 55.7 Å². The van der Waals surface area contributed by atoms with E-state index in [-0.39, 0.29) is 0 Å². The van der Waals surface area contributed by atoms with Crippen LogP contribution in [-0.4, -0.2) is 23.9 Å². The fourth-order valence-corrected chi connectivity index (χ4v) is 4.23. The zero-order chi connectivity index (χ0) is 20.5. The molecule has 0 atom stereocenters. The number of benzene rings is 1. The Balaban J connectivity index is 2.19. The molecule has 2 heterocycles. The Bertz CT molecular complexity index is 888. The molecule has 1 aromatic carbocycles. The molecule has 1 aliphatic rings. The van der Waals surface area contributed by atoms with Crippen molar-refractivity contribution in [3.05, 3.63) is 46.8 Å². The predicted octanol–water partition coefficient (Wildman–Crippen LogP) is 4.13. The lowest BCUT2D eigenvalue weighted by molar-refractivity contribution is 0.279. The standard InChI is InChI=1S/C23H33N5/c1-6-19-15(2)26-16(3)20(17-8-7-9-18(14-17)22(24)27-25)21(19)28-12-10-23(4,5)11-13-28/h7-9,14H,6,10-13,25H2,1-5H3,(H2,24,27). The van der Waals surface area contributed by atoms with E-state index in [1.165, 1.54) is 29.7 Å². The molecule has 5 nitrogen and oxygen atoms in total. The Morgan fingerprint density at radius 1 is 1.18 bits per heavy atom. The van der Waals surface area contributed by atoms with E-state index in [1.807, 2.05) is 12.1 Å². The summed E-state index contributed by atoms with van der Waals surface area (Å²) in [5.74, 6) is 5.75. The Morgan fingerprint density at radius 2 is 1.86 bits per heavy atom. The van der Waals surface area contributed by atoms with E-state index < -0.39 is 0 Å². The first-order valence-electron chi connectivity index (χ1n) is 10.2. The molecular weight excluding hydrogens is 346 g/mol. The van der Waals surface area contributed by atoms with E-state index in [9.17, 15) is 0 Å². The average molecular weight is 380 g/mol. The fraction of sp³-hybridized carbons (Fsp3) is 0.478. The zero-order valence-corrected chi connectivity index (χ0v) is 17.8. The third-order valence-corrected chi connectivity index (χ3v) is 6.03. The topological polar surface area (TPSA) is 80.5 Å². The van der Waals surface area contributed by atoms with Gasteiger partial charge in [-0.1, -0.05) is 39.0 Å². The molecule has 0 aliphatic carbocycles. The molecule has 1 aliphatic heterocycles. The number of nitrogens with two attached hydrogens (primary N) is 2. The van der Waals surface area contributed by atoms with Crippen LogP contribution >= 0.6 is 0 Å². The largest absolute Gasteiger partial charge is 0.382 e. The number of aromatic nitrogens is 1. The van der Waals surface area contributed by atoms with Gasteiger partial charge in [0.2, 0.25) is 0 Å². The maximum Gasteiger partial charge on any atom is 0.150 e. The van der Waals surface area contributed by atoms with Gasteiger partial charge in [-0.15, -0.1) is 0 Å². The van der Waals surface area contributed by atoms with Crippen LogP contribution in [0.2, 0.25) is 0 Å². The van der Waals surface area contributed by atoms with Crippen LogP contribution in [-0.2, 0) is 6.42 Å². The molecule has 0 radical (unpaired) electrons. The van der Waals surface area contributed by atoms with Crippen molar-refractivity contribution < 1.29 is 0 Å². The summed E-state index contributed by atoms with van der Waals surface area (Å²) in [6.45, 7) is 13.3. The number of aryl methyl sites for hydroxylation is 2. The highest BCUT2D eigenvalue weighted by atomic mass is 15.2. The normalized spacial score (nSPS) is 17.0. The molecule has 5 heteroatoms. The van der Waals surface area contributed by atoms with Crippen LogP contribution in [0.5, 0.6) is 0 Å². The van der Waals surface area contributed by atoms with Gasteiger partial charge in [-0.2, -0.15) is 5.10 Å². The zero-order valence-electron chi connectivity index (χ0n) is 17.8. The van der Waals surface area contributed by atoms with Gasteiger partial charge in [0.15, 0.2) is 0 Å². The molecule has 0 amide bonds. The number of rotatable bonds is 4. The molecule has 0 bridgehead atoms. The summed E-state index contributed by atoms with van der Waals surface area (Å²) < 4.78 is 0. The lowest BCUT2D eigenvalue weighted by Gasteiger charge is -2.40. The molecule has 0 spiro atoms. The van der Waals surface area contributed by atoms with Crippen LogP contribution in [0.4, 0.5) is 5.69 Å². The van der Waals surface area contributed by atoms with E-state index in [1.54, 1.807) is 0 Å². The van der Waals surface area contributed by atoms with Crippen molar-refractivity contribution in [1.82, 2.24) is 4.98 Å². The maximum absolute atomic E-state index is 5.97. The van der Waals surface area contributed by atoms with E-state index in [4.69, 9.17) is 16.6 Å². The summed E-state index contributed by atoms with van der Waals surface area (Å²) in [6, 6.07) is 8.15. The van der Waals surface area contributed by atoms with Crippen molar-refractivity contribution in [2.24, 2.45) is 22.1 Å². The molecule has 1 fully saturated rings. The van der Waals surface area contributed by atoms with Crippen LogP contribution < -0.4 is 16.5 Å². The summed E-state index contributed by atoms with van der Waals surface area (Å²) in [4.78, 5) is 7.45. The van der Waals surface area contributed by atoms with Gasteiger partial charge < -0.3 is 16.5 Å². The first kappa shape index (κ1) is 20.2. The molecule has 0 saturated carbocycles. The minimum atomic E-state index is 0.344. The van der Waals surface area contributed by atoms with Crippen LogP contribution in [0.3, 0.4) is 0 Å². The number of hydrazone groups is 1. The third-order valence-electron chi connectivity index (χ3n) is 6.03. The van der Waals surface area contributed by atoms with Crippen molar-refractivity contribution in [1.29, 1.82) is 0 Å². The van der Waals surface area contributed by atoms with Crippen molar-refractivity contribution in [3.63, 3.8) is 0 Å². The molecule has 1 aromatic heterocycles. The number of anilines is 1. The highest BCUT2D eigenvalue weighted by Crippen LogP contribution is 2.41. The highest BCUT2D eigenvalue weighted by Gasteiger charge is 2.29. The van der Waals surface area contributed by atoms with Gasteiger partial charge in [0, 0.05) is 35.6 Å². The molecule has 2 aromatic rings. The van der Waals surface area contributed by atoms with Gasteiger partial charge >= 0.3 is 0 Å². The van der Waals surface area contributed by atoms with Crippen LogP contribution in [0.1, 0.15) is 56.1 Å². The summed E-state index contributed by atoms with van der Waals surface area (Å²) >= 11 is 0. The van der Waals surface area contributed by atoms with E-state index in [0.29, 0.717) is 11.3 Å². The van der Waals surface area contributed by atoms with E-state index in [0.717, 1.165) is 42.0 Å². The average Bonchev–Trinajstić information content (AvgIpc) is 2.67. The molecule has 4 N–H and O–H groups in total. The predicted molar refractivity (Wildman–Crippen MR) is 119 cm³/mol. The number of hydrogen-bond acceptors (Lipinski definition) is 4. The smallest absolute Gasteiger partial charge is 0.150 e. The van der Waals surface area contributed by atoms with Crippen molar-refractivity contribution in [2.75, 3.05) is 18.0 Å². The molecular formula is C23H33N5. The summed E-state index contributed by atoms with van der Waals surface area (Å²) in [6.07, 6.45) is 3.36. The molecule has 28 heavy (non-hydrogen) atoms. The van der Waals surface area contributed by atoms with Crippen molar-refractivity contribution >= 4 is 11.5 Å². The molecule has 0 unspecified atom stereocenters. The summed E-state index contributed by atoms with van der Waals surface area (Å²) in [5.41, 5.74) is 14.4. The van der Waals surface area contributed by atoms with Crippen molar-refractivity contribution in [3.8, 4) is 11.1 Å². The molecule has 3 rings (SSSR count). The third kappa shape index (κ3) is 3.84.